The van der Waals surface area contributed by atoms with Crippen molar-refractivity contribution in [3.8, 4) is 5.75 Å². The van der Waals surface area contributed by atoms with Crippen LogP contribution in [0.1, 0.15) is 30.7 Å². The third-order valence-corrected chi connectivity index (χ3v) is 6.18. The zero-order chi connectivity index (χ0) is 22.2. The van der Waals surface area contributed by atoms with Crippen molar-refractivity contribution in [2.45, 2.75) is 32.2 Å². The number of hydrogen-bond donors (Lipinski definition) is 1. The first-order valence-electron chi connectivity index (χ1n) is 11.4. The molecule has 2 unspecified atom stereocenters. The van der Waals surface area contributed by atoms with E-state index in [2.05, 4.69) is 45.0 Å². The van der Waals surface area contributed by atoms with E-state index in [0.717, 1.165) is 56.4 Å². The lowest BCUT2D eigenvalue weighted by molar-refractivity contribution is 0.189. The lowest BCUT2D eigenvalue weighted by atomic mass is 9.93. The zero-order valence-corrected chi connectivity index (χ0v) is 19.0. The van der Waals surface area contributed by atoms with E-state index in [1.807, 2.05) is 36.8 Å². The van der Waals surface area contributed by atoms with E-state index in [4.69, 9.17) is 14.1 Å². The molecule has 1 aliphatic rings. The molecule has 3 aromatic rings. The Morgan fingerprint density at radius 2 is 2.12 bits per heavy atom. The molecule has 170 valence electrons. The summed E-state index contributed by atoms with van der Waals surface area (Å²) in [5, 5.41) is 3.62. The molecule has 2 atom stereocenters. The van der Waals surface area contributed by atoms with Crippen molar-refractivity contribution in [1.29, 1.82) is 0 Å². The Labute approximate surface area is 190 Å². The van der Waals surface area contributed by atoms with Crippen molar-refractivity contribution in [1.82, 2.24) is 19.8 Å². The number of nitrogens with zero attached hydrogens (tertiary/aromatic N) is 4. The second-order valence-electron chi connectivity index (χ2n) is 8.35. The monoisotopic (exact) mass is 435 g/mol. The van der Waals surface area contributed by atoms with Crippen LogP contribution in [0, 0.1) is 5.92 Å². The minimum absolute atomic E-state index is 0.393. The van der Waals surface area contributed by atoms with Crippen LogP contribution >= 0.6 is 0 Å². The second kappa shape index (κ2) is 10.9. The molecular formula is C25H33N5O2. The second-order valence-corrected chi connectivity index (χ2v) is 8.35. The normalized spacial score (nSPS) is 19.2. The third-order valence-electron chi connectivity index (χ3n) is 6.18. The van der Waals surface area contributed by atoms with Crippen LogP contribution in [0.15, 0.2) is 70.8 Å². The molecule has 3 heterocycles. The van der Waals surface area contributed by atoms with Crippen molar-refractivity contribution in [2.24, 2.45) is 10.9 Å². The van der Waals surface area contributed by atoms with Gasteiger partial charge in [-0.1, -0.05) is 19.1 Å². The van der Waals surface area contributed by atoms with Gasteiger partial charge in [0.25, 0.3) is 0 Å². The highest BCUT2D eigenvalue weighted by atomic mass is 16.5. The van der Waals surface area contributed by atoms with Crippen LogP contribution in [0.25, 0.3) is 0 Å². The predicted molar refractivity (Wildman–Crippen MR) is 126 cm³/mol. The van der Waals surface area contributed by atoms with Crippen LogP contribution in [-0.4, -0.2) is 53.7 Å². The van der Waals surface area contributed by atoms with Crippen molar-refractivity contribution >= 4 is 5.96 Å². The molecule has 0 spiro atoms. The first-order chi connectivity index (χ1) is 15.7. The smallest absolute Gasteiger partial charge is 0.194 e. The highest BCUT2D eigenvalue weighted by Crippen LogP contribution is 2.27. The average molecular weight is 436 g/mol. The van der Waals surface area contributed by atoms with E-state index in [-0.39, 0.29) is 0 Å². The number of ether oxygens (including phenoxy) is 1. The molecule has 0 amide bonds. The molecule has 2 aromatic heterocycles. The van der Waals surface area contributed by atoms with Gasteiger partial charge in [-0.05, 0) is 48.6 Å². The van der Waals surface area contributed by atoms with E-state index in [1.54, 1.807) is 13.4 Å². The predicted octanol–water partition coefficient (Wildman–Crippen LogP) is 3.80. The molecule has 1 N–H and O–H groups in total. The highest BCUT2D eigenvalue weighted by molar-refractivity contribution is 5.80. The number of methoxy groups -OCH3 is 1. The van der Waals surface area contributed by atoms with Gasteiger partial charge in [0.1, 0.15) is 11.5 Å². The lowest BCUT2D eigenvalue weighted by Gasteiger charge is -2.39. The minimum Gasteiger partial charge on any atom is -0.497 e. The Morgan fingerprint density at radius 3 is 2.84 bits per heavy atom. The first kappa shape index (κ1) is 22.0. The number of benzene rings is 1. The van der Waals surface area contributed by atoms with Gasteiger partial charge in [-0.3, -0.25) is 4.99 Å². The fourth-order valence-electron chi connectivity index (χ4n) is 4.20. The molecule has 1 aromatic carbocycles. The maximum Gasteiger partial charge on any atom is 0.194 e. The summed E-state index contributed by atoms with van der Waals surface area (Å²) in [7, 11) is 1.69. The van der Waals surface area contributed by atoms with E-state index in [1.165, 1.54) is 5.56 Å². The molecule has 32 heavy (non-hydrogen) atoms. The van der Waals surface area contributed by atoms with Crippen molar-refractivity contribution < 1.29 is 9.15 Å². The number of piperidine rings is 1. The van der Waals surface area contributed by atoms with E-state index >= 15 is 0 Å². The van der Waals surface area contributed by atoms with Crippen LogP contribution in [0.5, 0.6) is 5.75 Å². The minimum atomic E-state index is 0.393. The molecule has 1 fully saturated rings. The van der Waals surface area contributed by atoms with Gasteiger partial charge in [-0.25, -0.2) is 4.98 Å². The fourth-order valence-corrected chi connectivity index (χ4v) is 4.20. The summed E-state index contributed by atoms with van der Waals surface area (Å²) in [5.74, 6) is 3.43. The Morgan fingerprint density at radius 1 is 1.25 bits per heavy atom. The summed E-state index contributed by atoms with van der Waals surface area (Å²) in [6.07, 6.45) is 10.4. The number of nitrogens with one attached hydrogen (secondary N) is 1. The Balaban J connectivity index is 1.41. The summed E-state index contributed by atoms with van der Waals surface area (Å²) in [6.45, 7) is 5.77. The molecule has 7 heteroatoms. The Hall–Kier alpha value is -3.22. The van der Waals surface area contributed by atoms with Gasteiger partial charge >= 0.3 is 0 Å². The van der Waals surface area contributed by atoms with Crippen molar-refractivity contribution in [3.63, 3.8) is 0 Å². The maximum atomic E-state index is 5.47. The van der Waals surface area contributed by atoms with E-state index in [0.29, 0.717) is 18.5 Å². The number of rotatable bonds is 8. The standard InChI is InChI=1S/C25H33N5O2/c1-20-11-15-29(18-24(20)30-16-14-26-19-30)25(28-13-10-23-4-3-17-32-23)27-12-9-21-5-7-22(31-2)8-6-21/h3-8,14,16-17,19-20,24H,9-13,15,18H2,1-2H3,(H,27,28). The van der Waals surface area contributed by atoms with Gasteiger partial charge in [0.15, 0.2) is 5.96 Å². The van der Waals surface area contributed by atoms with Gasteiger partial charge in [0.05, 0.1) is 25.7 Å². The molecule has 0 saturated carbocycles. The quantitative estimate of drug-likeness (QED) is 0.431. The lowest BCUT2D eigenvalue weighted by Crippen LogP contribution is -2.49. The molecule has 4 rings (SSSR count). The van der Waals surface area contributed by atoms with Crippen LogP contribution in [0.2, 0.25) is 0 Å². The molecule has 7 nitrogen and oxygen atoms in total. The van der Waals surface area contributed by atoms with Crippen LogP contribution in [-0.2, 0) is 12.8 Å². The van der Waals surface area contributed by atoms with Gasteiger partial charge in [-0.2, -0.15) is 0 Å². The van der Waals surface area contributed by atoms with Crippen LogP contribution in [0.4, 0.5) is 0 Å². The summed E-state index contributed by atoms with van der Waals surface area (Å²) in [4.78, 5) is 11.6. The summed E-state index contributed by atoms with van der Waals surface area (Å²) < 4.78 is 13.0. The maximum absolute atomic E-state index is 5.47. The largest absolute Gasteiger partial charge is 0.497 e. The van der Waals surface area contributed by atoms with E-state index < -0.39 is 0 Å². The number of likely N-dealkylation sites (tertiary alicyclic amines) is 1. The first-order valence-corrected chi connectivity index (χ1v) is 11.4. The van der Waals surface area contributed by atoms with E-state index in [9.17, 15) is 0 Å². The Kier molecular flexibility index (Phi) is 7.48. The van der Waals surface area contributed by atoms with Crippen molar-refractivity contribution in [3.05, 3.63) is 72.7 Å². The Bertz CT molecular complexity index is 951. The molecule has 0 radical (unpaired) electrons. The molecular weight excluding hydrogens is 402 g/mol. The topological polar surface area (TPSA) is 67.8 Å². The molecule has 1 aliphatic heterocycles. The number of imidazole rings is 1. The van der Waals surface area contributed by atoms with Gasteiger partial charge in [0, 0.05) is 45.0 Å². The highest BCUT2D eigenvalue weighted by Gasteiger charge is 2.29. The number of furan rings is 1. The molecule has 1 saturated heterocycles. The zero-order valence-electron chi connectivity index (χ0n) is 19.0. The summed E-state index contributed by atoms with van der Waals surface area (Å²) in [5.41, 5.74) is 1.27. The number of hydrogen-bond acceptors (Lipinski definition) is 4. The van der Waals surface area contributed by atoms with Gasteiger partial charge in [-0.15, -0.1) is 0 Å². The van der Waals surface area contributed by atoms with Crippen molar-refractivity contribution in [2.75, 3.05) is 33.3 Å². The van der Waals surface area contributed by atoms with Crippen LogP contribution < -0.4 is 10.1 Å². The van der Waals surface area contributed by atoms with Gasteiger partial charge in [0.2, 0.25) is 0 Å². The third kappa shape index (κ3) is 5.72. The average Bonchev–Trinajstić information content (AvgIpc) is 3.54. The molecule has 0 bridgehead atoms. The fraction of sp³-hybridized carbons (Fsp3) is 0.440. The van der Waals surface area contributed by atoms with Gasteiger partial charge < -0.3 is 23.9 Å². The number of aliphatic imine (C=N–C) groups is 1. The number of aromatic nitrogens is 2. The summed E-state index contributed by atoms with van der Waals surface area (Å²) in [6, 6.07) is 12.6. The SMILES string of the molecule is COc1ccc(CCNC(=NCCc2ccco2)N2CCC(C)C(n3ccnc3)C2)cc1. The molecule has 0 aliphatic carbocycles. The van der Waals surface area contributed by atoms with Crippen LogP contribution in [0.3, 0.4) is 0 Å². The number of guanidine groups is 1. The summed E-state index contributed by atoms with van der Waals surface area (Å²) >= 11 is 0.